The van der Waals surface area contributed by atoms with Crippen molar-refractivity contribution in [3.05, 3.63) is 58.4 Å². The highest BCUT2D eigenvalue weighted by atomic mass is 35.5. The number of benzene rings is 2. The molecule has 0 radical (unpaired) electrons. The molecule has 0 aromatic heterocycles. The molecule has 2 aromatic carbocycles. The molecule has 2 nitrogen and oxygen atoms in total. The smallest absolute Gasteiger partial charge is 0.416 e. The molecule has 2 aromatic rings. The third-order valence-electron chi connectivity index (χ3n) is 2.81. The highest BCUT2D eigenvalue weighted by Gasteiger charge is 2.32. The Hall–Kier alpha value is -2.08. The number of rotatable bonds is 2. The second-order valence-electron chi connectivity index (χ2n) is 4.16. The van der Waals surface area contributed by atoms with Gasteiger partial charge in [0.2, 0.25) is 0 Å². The molecule has 0 aliphatic rings. The molecule has 0 aliphatic heterocycles. The van der Waals surface area contributed by atoms with E-state index in [-0.39, 0.29) is 10.6 Å². The highest BCUT2D eigenvalue weighted by Crippen LogP contribution is 2.37. The molecule has 1 N–H and O–H groups in total. The average Bonchev–Trinajstić information content (AvgIpc) is 2.37. The summed E-state index contributed by atoms with van der Waals surface area (Å²) >= 11 is 5.79. The first-order valence-electron chi connectivity index (χ1n) is 5.60. The van der Waals surface area contributed by atoms with Crippen LogP contribution in [0.3, 0.4) is 0 Å². The fourth-order valence-electron chi connectivity index (χ4n) is 1.87. The Balaban J connectivity index is 2.79. The van der Waals surface area contributed by atoms with E-state index < -0.39 is 34.7 Å². The monoisotopic (exact) mass is 318 g/mol. The van der Waals surface area contributed by atoms with E-state index in [2.05, 4.69) is 0 Å². The van der Waals surface area contributed by atoms with Gasteiger partial charge in [-0.05, 0) is 30.3 Å². The molecule has 0 amide bonds. The van der Waals surface area contributed by atoms with Crippen molar-refractivity contribution in [1.29, 1.82) is 0 Å². The Bertz CT molecular complexity index is 690. The maximum absolute atomic E-state index is 13.8. The highest BCUT2D eigenvalue weighted by molar-refractivity contribution is 6.33. The Morgan fingerprint density at radius 1 is 1.14 bits per heavy atom. The molecular weight excluding hydrogens is 312 g/mol. The van der Waals surface area contributed by atoms with Gasteiger partial charge in [-0.2, -0.15) is 13.2 Å². The van der Waals surface area contributed by atoms with Gasteiger partial charge in [-0.3, -0.25) is 0 Å². The maximum atomic E-state index is 13.8. The second kappa shape index (κ2) is 5.37. The van der Waals surface area contributed by atoms with Crippen LogP contribution in [0.4, 0.5) is 17.6 Å². The number of carboxylic acids is 1. The van der Waals surface area contributed by atoms with Gasteiger partial charge in [0.05, 0.1) is 16.1 Å². The van der Waals surface area contributed by atoms with Crippen LogP contribution < -0.4 is 0 Å². The van der Waals surface area contributed by atoms with E-state index in [1.54, 1.807) is 0 Å². The van der Waals surface area contributed by atoms with Crippen LogP contribution in [0, 0.1) is 5.82 Å². The van der Waals surface area contributed by atoms with E-state index in [9.17, 15) is 22.4 Å². The number of carboxylic acid groups (broad SMARTS) is 1. The second-order valence-corrected chi connectivity index (χ2v) is 4.57. The van der Waals surface area contributed by atoms with Crippen molar-refractivity contribution in [3.63, 3.8) is 0 Å². The van der Waals surface area contributed by atoms with Crippen LogP contribution >= 0.6 is 11.6 Å². The van der Waals surface area contributed by atoms with Gasteiger partial charge in [0, 0.05) is 11.1 Å². The first-order chi connectivity index (χ1) is 9.71. The van der Waals surface area contributed by atoms with Crippen molar-refractivity contribution < 1.29 is 27.5 Å². The molecule has 0 aliphatic carbocycles. The number of aromatic carboxylic acids is 1. The van der Waals surface area contributed by atoms with Crippen molar-refractivity contribution in [2.75, 3.05) is 0 Å². The van der Waals surface area contributed by atoms with Gasteiger partial charge in [0.25, 0.3) is 0 Å². The summed E-state index contributed by atoms with van der Waals surface area (Å²) in [7, 11) is 0. The zero-order valence-corrected chi connectivity index (χ0v) is 11.0. The van der Waals surface area contributed by atoms with E-state index in [0.717, 1.165) is 12.1 Å². The van der Waals surface area contributed by atoms with Crippen LogP contribution in [0.5, 0.6) is 0 Å². The first-order valence-corrected chi connectivity index (χ1v) is 5.98. The number of alkyl halides is 3. The molecular formula is C14H7ClF4O2. The zero-order chi connectivity index (χ0) is 15.8. The molecule has 0 saturated heterocycles. The van der Waals surface area contributed by atoms with E-state index >= 15 is 0 Å². The van der Waals surface area contributed by atoms with Gasteiger partial charge in [-0.15, -0.1) is 0 Å². The van der Waals surface area contributed by atoms with E-state index in [0.29, 0.717) is 12.1 Å². The fourth-order valence-corrected chi connectivity index (χ4v) is 2.13. The van der Waals surface area contributed by atoms with Crippen molar-refractivity contribution >= 4 is 17.6 Å². The van der Waals surface area contributed by atoms with Crippen LogP contribution in [-0.2, 0) is 6.18 Å². The topological polar surface area (TPSA) is 37.3 Å². The van der Waals surface area contributed by atoms with E-state index in [4.69, 9.17) is 16.7 Å². The molecule has 0 heterocycles. The number of hydrogen-bond donors (Lipinski definition) is 1. The molecule has 0 unspecified atom stereocenters. The summed E-state index contributed by atoms with van der Waals surface area (Å²) in [5, 5.41) is 8.89. The Morgan fingerprint density at radius 2 is 1.81 bits per heavy atom. The van der Waals surface area contributed by atoms with Crippen LogP contribution in [0.2, 0.25) is 5.02 Å². The lowest BCUT2D eigenvalue weighted by Gasteiger charge is -2.13. The van der Waals surface area contributed by atoms with E-state index in [1.165, 1.54) is 12.1 Å². The molecule has 21 heavy (non-hydrogen) atoms. The summed E-state index contributed by atoms with van der Waals surface area (Å²) in [5.41, 5.74) is -2.33. The van der Waals surface area contributed by atoms with Gasteiger partial charge in [-0.1, -0.05) is 17.7 Å². The zero-order valence-electron chi connectivity index (χ0n) is 10.2. The largest absolute Gasteiger partial charge is 0.478 e. The van der Waals surface area contributed by atoms with E-state index in [1.807, 2.05) is 0 Å². The van der Waals surface area contributed by atoms with Gasteiger partial charge in [0.1, 0.15) is 5.82 Å². The van der Waals surface area contributed by atoms with Gasteiger partial charge >= 0.3 is 12.1 Å². The third kappa shape index (κ3) is 3.00. The van der Waals surface area contributed by atoms with Crippen LogP contribution in [-0.4, -0.2) is 11.1 Å². The lowest BCUT2D eigenvalue weighted by molar-refractivity contribution is -0.137. The molecule has 0 saturated carbocycles. The average molecular weight is 319 g/mol. The molecule has 0 bridgehead atoms. The normalized spacial score (nSPS) is 11.5. The minimum atomic E-state index is -4.68. The Morgan fingerprint density at radius 3 is 2.33 bits per heavy atom. The van der Waals surface area contributed by atoms with Crippen molar-refractivity contribution in [1.82, 2.24) is 0 Å². The van der Waals surface area contributed by atoms with Gasteiger partial charge < -0.3 is 5.11 Å². The first kappa shape index (κ1) is 15.3. The third-order valence-corrected chi connectivity index (χ3v) is 3.12. The molecule has 0 atom stereocenters. The summed E-state index contributed by atoms with van der Waals surface area (Å²) in [5.74, 6) is -2.37. The van der Waals surface area contributed by atoms with Crippen LogP contribution in [0.25, 0.3) is 11.1 Å². The summed E-state index contributed by atoms with van der Waals surface area (Å²) in [4.78, 5) is 11.1. The van der Waals surface area contributed by atoms with Gasteiger partial charge in [-0.25, -0.2) is 9.18 Å². The summed E-state index contributed by atoms with van der Waals surface area (Å²) in [6.07, 6.45) is -4.68. The predicted molar refractivity (Wildman–Crippen MR) is 68.8 cm³/mol. The van der Waals surface area contributed by atoms with Crippen LogP contribution in [0.15, 0.2) is 36.4 Å². The molecule has 2 rings (SSSR count). The van der Waals surface area contributed by atoms with Crippen molar-refractivity contribution in [3.8, 4) is 11.1 Å². The maximum Gasteiger partial charge on any atom is 0.416 e. The number of carbonyl (C=O) groups is 1. The summed E-state index contributed by atoms with van der Waals surface area (Å²) in [6.45, 7) is 0. The molecule has 0 fully saturated rings. The fraction of sp³-hybridized carbons (Fsp3) is 0.0714. The molecule has 0 spiro atoms. The Kier molecular flexibility index (Phi) is 3.91. The minimum Gasteiger partial charge on any atom is -0.478 e. The lowest BCUT2D eigenvalue weighted by Crippen LogP contribution is -2.08. The molecule has 7 heteroatoms. The van der Waals surface area contributed by atoms with Gasteiger partial charge in [0.15, 0.2) is 0 Å². The predicted octanol–water partition coefficient (Wildman–Crippen LogP) is 4.86. The lowest BCUT2D eigenvalue weighted by atomic mass is 9.96. The quantitative estimate of drug-likeness (QED) is 0.803. The van der Waals surface area contributed by atoms with Crippen molar-refractivity contribution in [2.24, 2.45) is 0 Å². The summed E-state index contributed by atoms with van der Waals surface area (Å²) < 4.78 is 52.1. The summed E-state index contributed by atoms with van der Waals surface area (Å²) in [6, 6.07) is 5.52. The standard InChI is InChI=1S/C14H7ClF4O2/c15-10-2-1-3-11(16)12(10)9-6-7(14(17,18)19)4-5-8(9)13(20)21/h1-6H,(H,20,21). The van der Waals surface area contributed by atoms with Crippen molar-refractivity contribution in [2.45, 2.75) is 6.18 Å². The van der Waals surface area contributed by atoms with Crippen LogP contribution in [0.1, 0.15) is 15.9 Å². The minimum absolute atomic E-state index is 0.170. The number of halogens is 5. The number of hydrogen-bond acceptors (Lipinski definition) is 1. The SMILES string of the molecule is O=C(O)c1ccc(C(F)(F)F)cc1-c1c(F)cccc1Cl. The molecule has 110 valence electrons. The Labute approximate surface area is 121 Å².